The van der Waals surface area contributed by atoms with Crippen molar-refractivity contribution in [2.24, 2.45) is 0 Å². The third-order valence-corrected chi connectivity index (χ3v) is 4.67. The van der Waals surface area contributed by atoms with Gasteiger partial charge in [0.1, 0.15) is 0 Å². The van der Waals surface area contributed by atoms with Gasteiger partial charge in [0.25, 0.3) is 0 Å². The van der Waals surface area contributed by atoms with Crippen molar-refractivity contribution in [2.45, 2.75) is 32.9 Å². The topological polar surface area (TPSA) is 67.9 Å². The second kappa shape index (κ2) is 10.3. The Hall–Kier alpha value is -3.02. The fourth-order valence-electron chi connectivity index (χ4n) is 3.04. The van der Waals surface area contributed by atoms with Gasteiger partial charge in [0.05, 0.1) is 20.3 Å². The number of rotatable bonds is 9. The Morgan fingerprint density at radius 2 is 1.71 bits per heavy atom. The van der Waals surface area contributed by atoms with Crippen LogP contribution in [0.3, 0.4) is 0 Å². The summed E-state index contributed by atoms with van der Waals surface area (Å²) in [5.74, 6) is 1.10. The molecule has 2 rings (SSSR count). The van der Waals surface area contributed by atoms with Gasteiger partial charge in [0.2, 0.25) is 11.8 Å². The third-order valence-electron chi connectivity index (χ3n) is 4.67. The van der Waals surface area contributed by atoms with Crippen LogP contribution in [0.5, 0.6) is 11.5 Å². The molecular formula is C22H28N2O4. The molecule has 1 unspecified atom stereocenters. The molecule has 0 radical (unpaired) electrons. The molecule has 28 heavy (non-hydrogen) atoms. The number of hydrogen-bond acceptors (Lipinski definition) is 4. The van der Waals surface area contributed by atoms with Crippen LogP contribution in [0.2, 0.25) is 0 Å². The van der Waals surface area contributed by atoms with Gasteiger partial charge in [-0.05, 0) is 30.2 Å². The van der Waals surface area contributed by atoms with E-state index in [4.69, 9.17) is 9.47 Å². The average Bonchev–Trinajstić information content (AvgIpc) is 2.72. The van der Waals surface area contributed by atoms with Crippen LogP contribution in [0.15, 0.2) is 48.5 Å². The van der Waals surface area contributed by atoms with Gasteiger partial charge in [-0.2, -0.15) is 0 Å². The lowest BCUT2D eigenvalue weighted by Crippen LogP contribution is -2.35. The predicted octanol–water partition coefficient (Wildman–Crippen LogP) is 3.32. The smallest absolute Gasteiger partial charge is 0.222 e. The van der Waals surface area contributed by atoms with E-state index in [2.05, 4.69) is 5.32 Å². The number of amides is 2. The molecule has 0 saturated carbocycles. The first kappa shape index (κ1) is 21.3. The van der Waals surface area contributed by atoms with E-state index in [1.807, 2.05) is 49.4 Å². The van der Waals surface area contributed by atoms with Crippen LogP contribution < -0.4 is 14.8 Å². The summed E-state index contributed by atoms with van der Waals surface area (Å²) in [6, 6.07) is 15.2. The van der Waals surface area contributed by atoms with Crippen molar-refractivity contribution < 1.29 is 19.1 Å². The SMILES string of the molecule is COc1ccc(CNC(=O)CCN(C(C)=O)C(C)c2ccccc2)cc1OC. The monoisotopic (exact) mass is 384 g/mol. The van der Waals surface area contributed by atoms with Crippen molar-refractivity contribution in [3.63, 3.8) is 0 Å². The molecule has 0 heterocycles. The number of benzene rings is 2. The lowest BCUT2D eigenvalue weighted by atomic mass is 10.1. The maximum Gasteiger partial charge on any atom is 0.222 e. The molecule has 0 aliphatic rings. The molecular weight excluding hydrogens is 356 g/mol. The highest BCUT2D eigenvalue weighted by Gasteiger charge is 2.19. The quantitative estimate of drug-likeness (QED) is 0.720. The van der Waals surface area contributed by atoms with Gasteiger partial charge in [-0.3, -0.25) is 9.59 Å². The van der Waals surface area contributed by atoms with Crippen LogP contribution in [-0.2, 0) is 16.1 Å². The molecule has 0 aliphatic carbocycles. The van der Waals surface area contributed by atoms with Gasteiger partial charge in [-0.15, -0.1) is 0 Å². The van der Waals surface area contributed by atoms with Crippen LogP contribution in [0.1, 0.15) is 37.4 Å². The zero-order chi connectivity index (χ0) is 20.5. The Bertz CT molecular complexity index is 792. The number of methoxy groups -OCH3 is 2. The molecule has 1 atom stereocenters. The number of nitrogens with zero attached hydrogens (tertiary/aromatic N) is 1. The van der Waals surface area contributed by atoms with Crippen molar-refractivity contribution in [3.8, 4) is 11.5 Å². The minimum absolute atomic E-state index is 0.0518. The van der Waals surface area contributed by atoms with E-state index in [1.165, 1.54) is 6.92 Å². The van der Waals surface area contributed by atoms with E-state index in [9.17, 15) is 9.59 Å². The summed E-state index contributed by atoms with van der Waals surface area (Å²) in [5, 5.41) is 2.89. The molecule has 2 amide bonds. The molecule has 0 aliphatic heterocycles. The van der Waals surface area contributed by atoms with Crippen molar-refractivity contribution >= 4 is 11.8 Å². The average molecular weight is 384 g/mol. The number of nitrogens with one attached hydrogen (secondary N) is 1. The summed E-state index contributed by atoms with van der Waals surface area (Å²) in [7, 11) is 3.15. The molecule has 2 aromatic carbocycles. The summed E-state index contributed by atoms with van der Waals surface area (Å²) >= 11 is 0. The molecule has 0 aromatic heterocycles. The van der Waals surface area contributed by atoms with Crippen molar-refractivity contribution in [2.75, 3.05) is 20.8 Å². The predicted molar refractivity (Wildman–Crippen MR) is 108 cm³/mol. The summed E-state index contributed by atoms with van der Waals surface area (Å²) in [5.41, 5.74) is 1.95. The van der Waals surface area contributed by atoms with E-state index < -0.39 is 0 Å². The zero-order valence-electron chi connectivity index (χ0n) is 16.9. The molecule has 150 valence electrons. The third kappa shape index (κ3) is 5.74. The molecule has 1 N–H and O–H groups in total. The Kier molecular flexibility index (Phi) is 7.87. The molecule has 0 spiro atoms. The number of carbonyl (C=O) groups excluding carboxylic acids is 2. The van der Waals surface area contributed by atoms with Crippen molar-refractivity contribution in [1.29, 1.82) is 0 Å². The van der Waals surface area contributed by atoms with Gasteiger partial charge in [-0.25, -0.2) is 0 Å². The minimum atomic E-state index is -0.110. The normalized spacial score (nSPS) is 11.4. The standard InChI is InChI=1S/C22H28N2O4/c1-16(19-8-6-5-7-9-19)24(17(2)25)13-12-22(26)23-15-18-10-11-20(27-3)21(14-18)28-4/h5-11,14,16H,12-13,15H2,1-4H3,(H,23,26). The van der Waals surface area contributed by atoms with Gasteiger partial charge in [0, 0.05) is 26.4 Å². The van der Waals surface area contributed by atoms with Crippen LogP contribution in [-0.4, -0.2) is 37.5 Å². The highest BCUT2D eigenvalue weighted by atomic mass is 16.5. The first-order valence-corrected chi connectivity index (χ1v) is 9.26. The second-order valence-electron chi connectivity index (χ2n) is 6.52. The van der Waals surface area contributed by atoms with Crippen molar-refractivity contribution in [3.05, 3.63) is 59.7 Å². The van der Waals surface area contributed by atoms with Crippen LogP contribution in [0, 0.1) is 0 Å². The van der Waals surface area contributed by atoms with E-state index in [0.717, 1.165) is 11.1 Å². The molecule has 6 nitrogen and oxygen atoms in total. The highest BCUT2D eigenvalue weighted by Crippen LogP contribution is 2.27. The molecule has 6 heteroatoms. The summed E-state index contributed by atoms with van der Waals surface area (Å²) < 4.78 is 10.5. The Balaban J connectivity index is 1.90. The summed E-state index contributed by atoms with van der Waals surface area (Å²) in [4.78, 5) is 26.0. The van der Waals surface area contributed by atoms with Crippen LogP contribution >= 0.6 is 0 Å². The van der Waals surface area contributed by atoms with E-state index in [0.29, 0.717) is 24.6 Å². The lowest BCUT2D eigenvalue weighted by Gasteiger charge is -2.28. The fraction of sp³-hybridized carbons (Fsp3) is 0.364. The molecule has 0 fully saturated rings. The van der Waals surface area contributed by atoms with Gasteiger partial charge < -0.3 is 19.7 Å². The first-order valence-electron chi connectivity index (χ1n) is 9.26. The number of ether oxygens (including phenoxy) is 2. The minimum Gasteiger partial charge on any atom is -0.493 e. The van der Waals surface area contributed by atoms with E-state index in [-0.39, 0.29) is 24.3 Å². The second-order valence-corrected chi connectivity index (χ2v) is 6.52. The Morgan fingerprint density at radius 3 is 2.32 bits per heavy atom. The Labute approximate surface area is 166 Å². The summed E-state index contributed by atoms with van der Waals surface area (Å²) in [6.45, 7) is 4.25. The lowest BCUT2D eigenvalue weighted by molar-refractivity contribution is -0.131. The van der Waals surface area contributed by atoms with E-state index >= 15 is 0 Å². The highest BCUT2D eigenvalue weighted by molar-refractivity contribution is 5.78. The summed E-state index contributed by atoms with van der Waals surface area (Å²) in [6.07, 6.45) is 0.240. The molecule has 2 aromatic rings. The zero-order valence-corrected chi connectivity index (χ0v) is 16.9. The largest absolute Gasteiger partial charge is 0.493 e. The van der Waals surface area contributed by atoms with Gasteiger partial charge in [-0.1, -0.05) is 36.4 Å². The number of carbonyl (C=O) groups is 2. The van der Waals surface area contributed by atoms with Crippen LogP contribution in [0.25, 0.3) is 0 Å². The fourth-order valence-corrected chi connectivity index (χ4v) is 3.04. The van der Waals surface area contributed by atoms with Crippen molar-refractivity contribution in [1.82, 2.24) is 10.2 Å². The molecule has 0 saturated heterocycles. The molecule has 0 bridgehead atoms. The maximum atomic E-state index is 12.3. The first-order chi connectivity index (χ1) is 13.5. The van der Waals surface area contributed by atoms with E-state index in [1.54, 1.807) is 25.2 Å². The van der Waals surface area contributed by atoms with Gasteiger partial charge in [0.15, 0.2) is 11.5 Å². The number of hydrogen-bond donors (Lipinski definition) is 1. The Morgan fingerprint density at radius 1 is 1.04 bits per heavy atom. The maximum absolute atomic E-state index is 12.3. The van der Waals surface area contributed by atoms with Gasteiger partial charge >= 0.3 is 0 Å². The van der Waals surface area contributed by atoms with Crippen LogP contribution in [0.4, 0.5) is 0 Å².